The molecule has 8 heavy (non-hydrogen) atoms. The number of hydrogen-bond donors (Lipinski definition) is 3. The average molecular weight is 152 g/mol. The Morgan fingerprint density at radius 1 is 1.75 bits per heavy atom. The number of aliphatic hydroxyl groups is 1. The molecule has 0 aliphatic rings. The summed E-state index contributed by atoms with van der Waals surface area (Å²) in [6.07, 6.45) is -0.427. The third-order valence-corrected chi connectivity index (χ3v) is 0.584. The molecule has 0 amide bonds. The van der Waals surface area contributed by atoms with E-state index in [-0.39, 0.29) is 21.7 Å². The van der Waals surface area contributed by atoms with Gasteiger partial charge in [-0.15, -0.1) is 0 Å². The quantitative estimate of drug-likeness (QED) is 0.354. The van der Waals surface area contributed by atoms with Gasteiger partial charge < -0.3 is 10.8 Å². The predicted molar refractivity (Wildman–Crippen MR) is 28.7 cm³/mol. The van der Waals surface area contributed by atoms with Crippen molar-refractivity contribution in [2.45, 2.75) is 13.2 Å². The molecule has 0 rings (SSSR count). The van der Waals surface area contributed by atoms with Crippen LogP contribution in [0.3, 0.4) is 0 Å². The molecular formula is C4H12N2OTi. The molecule has 0 aliphatic carbocycles. The van der Waals surface area contributed by atoms with E-state index < -0.39 is 6.23 Å². The number of rotatable bonds is 3. The monoisotopic (exact) mass is 152 g/mol. The summed E-state index contributed by atoms with van der Waals surface area (Å²) < 4.78 is 0. The summed E-state index contributed by atoms with van der Waals surface area (Å²) in [5.41, 5.74) is 5.10. The van der Waals surface area contributed by atoms with Crippen LogP contribution in [0.25, 0.3) is 0 Å². The first-order valence-electron chi connectivity index (χ1n) is 2.39. The molecule has 4 N–H and O–H groups in total. The standard InChI is InChI=1S/C4H12N2O.Ti/c1-4(7)6-3-2-5;/h4,6-7H,2-3,5H2,1H3;. The van der Waals surface area contributed by atoms with Gasteiger partial charge in [0.05, 0.1) is 0 Å². The second-order valence-electron chi connectivity index (χ2n) is 1.42. The maximum Gasteiger partial charge on any atom is 0.102 e. The Hall–Kier alpha value is 0.594. The van der Waals surface area contributed by atoms with Crippen LogP contribution < -0.4 is 11.1 Å². The molecule has 0 bridgehead atoms. The molecule has 0 aromatic heterocycles. The SMILES string of the molecule is CC(O)NCCN.[Ti]. The Balaban J connectivity index is 0. The first-order chi connectivity index (χ1) is 3.27. The van der Waals surface area contributed by atoms with Gasteiger partial charge >= 0.3 is 0 Å². The molecule has 1 atom stereocenters. The second-order valence-corrected chi connectivity index (χ2v) is 1.42. The third kappa shape index (κ3) is 9.78. The van der Waals surface area contributed by atoms with Crippen LogP contribution in [-0.2, 0) is 21.7 Å². The Kier molecular flexibility index (Phi) is 10.8. The van der Waals surface area contributed by atoms with E-state index in [9.17, 15) is 0 Å². The van der Waals surface area contributed by atoms with Gasteiger partial charge in [-0.1, -0.05) is 0 Å². The predicted octanol–water partition coefficient (Wildman–Crippen LogP) is -1.13. The van der Waals surface area contributed by atoms with E-state index in [4.69, 9.17) is 10.8 Å². The third-order valence-electron chi connectivity index (χ3n) is 0.584. The maximum atomic E-state index is 8.52. The number of nitrogens with one attached hydrogen (secondary N) is 1. The number of hydrogen-bond acceptors (Lipinski definition) is 3. The molecule has 0 aromatic rings. The van der Waals surface area contributed by atoms with Crippen LogP contribution in [0.15, 0.2) is 0 Å². The van der Waals surface area contributed by atoms with Crippen molar-refractivity contribution >= 4 is 0 Å². The smallest absolute Gasteiger partial charge is 0.102 e. The van der Waals surface area contributed by atoms with Gasteiger partial charge in [0, 0.05) is 34.8 Å². The molecule has 0 fully saturated rings. The van der Waals surface area contributed by atoms with Crippen molar-refractivity contribution in [3.8, 4) is 0 Å². The number of aliphatic hydroxyl groups excluding tert-OH is 1. The van der Waals surface area contributed by atoms with Crippen LogP contribution in [0.1, 0.15) is 6.92 Å². The summed E-state index contributed by atoms with van der Waals surface area (Å²) in [6.45, 7) is 2.91. The summed E-state index contributed by atoms with van der Waals surface area (Å²) in [5, 5.41) is 11.2. The molecule has 0 heterocycles. The zero-order chi connectivity index (χ0) is 5.70. The molecule has 0 aliphatic heterocycles. The van der Waals surface area contributed by atoms with Gasteiger partial charge in [0.1, 0.15) is 6.23 Å². The van der Waals surface area contributed by atoms with Crippen LogP contribution in [0.5, 0.6) is 0 Å². The molecule has 0 saturated heterocycles. The fourth-order valence-corrected chi connectivity index (χ4v) is 0.292. The topological polar surface area (TPSA) is 58.3 Å². The summed E-state index contributed by atoms with van der Waals surface area (Å²) in [7, 11) is 0. The maximum absolute atomic E-state index is 8.52. The van der Waals surface area contributed by atoms with Gasteiger partial charge in [-0.2, -0.15) is 0 Å². The van der Waals surface area contributed by atoms with Crippen LogP contribution in [0, 0.1) is 0 Å². The van der Waals surface area contributed by atoms with Crippen LogP contribution in [-0.4, -0.2) is 24.4 Å². The van der Waals surface area contributed by atoms with E-state index >= 15 is 0 Å². The zero-order valence-corrected chi connectivity index (χ0v) is 6.58. The second kappa shape index (κ2) is 7.59. The molecule has 1 unspecified atom stereocenters. The van der Waals surface area contributed by atoms with E-state index in [1.807, 2.05) is 0 Å². The normalized spacial score (nSPS) is 12.4. The summed E-state index contributed by atoms with van der Waals surface area (Å²) in [6, 6.07) is 0. The summed E-state index contributed by atoms with van der Waals surface area (Å²) >= 11 is 0. The van der Waals surface area contributed by atoms with E-state index in [2.05, 4.69) is 5.32 Å². The number of nitrogens with two attached hydrogens (primary N) is 1. The zero-order valence-electron chi connectivity index (χ0n) is 5.02. The van der Waals surface area contributed by atoms with Crippen molar-refractivity contribution in [3.63, 3.8) is 0 Å². The Morgan fingerprint density at radius 2 is 2.25 bits per heavy atom. The average Bonchev–Trinajstić information content (AvgIpc) is 1.61. The Bertz CT molecular complexity index is 43.0. The molecular weight excluding hydrogens is 140 g/mol. The van der Waals surface area contributed by atoms with Gasteiger partial charge in [0.2, 0.25) is 0 Å². The van der Waals surface area contributed by atoms with E-state index in [0.717, 1.165) is 0 Å². The minimum absolute atomic E-state index is 0. The van der Waals surface area contributed by atoms with Gasteiger partial charge in [0.15, 0.2) is 0 Å². The van der Waals surface area contributed by atoms with Crippen LogP contribution in [0.2, 0.25) is 0 Å². The summed E-state index contributed by atoms with van der Waals surface area (Å²) in [4.78, 5) is 0. The molecule has 4 heteroatoms. The van der Waals surface area contributed by atoms with Gasteiger partial charge in [-0.3, -0.25) is 5.32 Å². The van der Waals surface area contributed by atoms with Crippen molar-refractivity contribution in [3.05, 3.63) is 0 Å². The van der Waals surface area contributed by atoms with Gasteiger partial charge in [-0.25, -0.2) is 0 Å². The summed E-state index contributed by atoms with van der Waals surface area (Å²) in [5.74, 6) is 0. The van der Waals surface area contributed by atoms with Crippen molar-refractivity contribution in [1.29, 1.82) is 0 Å². The molecule has 0 spiro atoms. The van der Waals surface area contributed by atoms with Crippen LogP contribution >= 0.6 is 0 Å². The molecule has 3 nitrogen and oxygen atoms in total. The van der Waals surface area contributed by atoms with Crippen molar-refractivity contribution in [2.24, 2.45) is 5.73 Å². The minimum Gasteiger partial charge on any atom is -0.379 e. The molecule has 0 radical (unpaired) electrons. The first kappa shape index (κ1) is 11.4. The molecule has 0 saturated carbocycles. The largest absolute Gasteiger partial charge is 0.379 e. The fourth-order valence-electron chi connectivity index (χ4n) is 0.292. The Morgan fingerprint density at radius 3 is 2.38 bits per heavy atom. The van der Waals surface area contributed by atoms with E-state index in [0.29, 0.717) is 13.1 Å². The van der Waals surface area contributed by atoms with Crippen LogP contribution in [0.4, 0.5) is 0 Å². The molecule has 0 aromatic carbocycles. The van der Waals surface area contributed by atoms with Crippen molar-refractivity contribution in [1.82, 2.24) is 5.32 Å². The van der Waals surface area contributed by atoms with E-state index in [1.165, 1.54) is 0 Å². The fraction of sp³-hybridized carbons (Fsp3) is 1.00. The van der Waals surface area contributed by atoms with Gasteiger partial charge in [-0.05, 0) is 6.92 Å². The van der Waals surface area contributed by atoms with Gasteiger partial charge in [0.25, 0.3) is 0 Å². The van der Waals surface area contributed by atoms with E-state index in [1.54, 1.807) is 6.92 Å². The minimum atomic E-state index is -0.427. The first-order valence-corrected chi connectivity index (χ1v) is 2.39. The molecule has 48 valence electrons. The van der Waals surface area contributed by atoms with Crippen molar-refractivity contribution in [2.75, 3.05) is 13.1 Å². The Labute approximate surface area is 64.5 Å². The van der Waals surface area contributed by atoms with Crippen molar-refractivity contribution < 1.29 is 26.8 Å².